The summed E-state index contributed by atoms with van der Waals surface area (Å²) in [7, 11) is 0. The molecular weight excluding hydrogens is 402 g/mol. The molecule has 0 saturated carbocycles. The van der Waals surface area contributed by atoms with Gasteiger partial charge in [-0.1, -0.05) is 29.8 Å². The molecule has 2 atom stereocenters. The summed E-state index contributed by atoms with van der Waals surface area (Å²) in [6, 6.07) is 11.4. The van der Waals surface area contributed by atoms with Gasteiger partial charge in [0, 0.05) is 24.3 Å². The van der Waals surface area contributed by atoms with E-state index in [0.717, 1.165) is 24.5 Å². The van der Waals surface area contributed by atoms with Crippen molar-refractivity contribution >= 4 is 29.0 Å². The minimum atomic E-state index is -0.233. The third-order valence-electron chi connectivity index (χ3n) is 4.93. The van der Waals surface area contributed by atoms with Crippen molar-refractivity contribution in [3.05, 3.63) is 71.1 Å². The Labute approximate surface area is 180 Å². The molecular formula is C22H24ClN5O2. The highest BCUT2D eigenvalue weighted by atomic mass is 35.5. The summed E-state index contributed by atoms with van der Waals surface area (Å²) in [5, 5.41) is 7.81. The Kier molecular flexibility index (Phi) is 6.01. The van der Waals surface area contributed by atoms with E-state index in [2.05, 4.69) is 34.1 Å². The molecule has 1 fully saturated rings. The smallest absolute Gasteiger partial charge is 0.258 e. The lowest BCUT2D eigenvalue weighted by atomic mass is 10.2. The van der Waals surface area contributed by atoms with Crippen molar-refractivity contribution in [2.24, 2.45) is 0 Å². The standard InChI is InChI=1S/C22H24ClN5O2/c1-15-11-27(12-16(2)30-15)21-8-7-19(10-24-21)26-22(29)18-9-25-28(14-18)13-17-5-3-4-6-20(17)23/h3-10,14-16H,11-13H2,1-2H3,(H,26,29). The van der Waals surface area contributed by atoms with Crippen LogP contribution in [0.2, 0.25) is 5.02 Å². The highest BCUT2D eigenvalue weighted by molar-refractivity contribution is 6.31. The first kappa shape index (κ1) is 20.4. The van der Waals surface area contributed by atoms with Gasteiger partial charge in [-0.2, -0.15) is 5.10 Å². The van der Waals surface area contributed by atoms with E-state index >= 15 is 0 Å². The number of carbonyl (C=O) groups excluding carboxylic acids is 1. The van der Waals surface area contributed by atoms with Gasteiger partial charge in [-0.15, -0.1) is 0 Å². The number of nitrogens with one attached hydrogen (secondary N) is 1. The summed E-state index contributed by atoms with van der Waals surface area (Å²) in [6.07, 6.45) is 5.25. The Morgan fingerprint density at radius 3 is 2.63 bits per heavy atom. The van der Waals surface area contributed by atoms with Gasteiger partial charge in [0.25, 0.3) is 5.91 Å². The lowest BCUT2D eigenvalue weighted by molar-refractivity contribution is -0.00545. The maximum atomic E-state index is 12.6. The Morgan fingerprint density at radius 2 is 1.93 bits per heavy atom. The fourth-order valence-corrected chi connectivity index (χ4v) is 3.78. The van der Waals surface area contributed by atoms with Crippen molar-refractivity contribution in [3.63, 3.8) is 0 Å². The molecule has 1 saturated heterocycles. The summed E-state index contributed by atoms with van der Waals surface area (Å²) in [5.41, 5.74) is 2.06. The number of nitrogens with zero attached hydrogens (tertiary/aromatic N) is 4. The molecule has 4 rings (SSSR count). The zero-order chi connectivity index (χ0) is 21.1. The van der Waals surface area contributed by atoms with Gasteiger partial charge in [0.15, 0.2) is 0 Å². The molecule has 7 nitrogen and oxygen atoms in total. The van der Waals surface area contributed by atoms with Crippen LogP contribution in [0.3, 0.4) is 0 Å². The Morgan fingerprint density at radius 1 is 1.17 bits per heavy atom. The lowest BCUT2D eigenvalue weighted by Gasteiger charge is -2.36. The first-order chi connectivity index (χ1) is 14.5. The minimum absolute atomic E-state index is 0.164. The van der Waals surface area contributed by atoms with Gasteiger partial charge in [0.2, 0.25) is 0 Å². The van der Waals surface area contributed by atoms with Crippen LogP contribution in [0.25, 0.3) is 0 Å². The summed E-state index contributed by atoms with van der Waals surface area (Å²) in [4.78, 5) is 19.3. The van der Waals surface area contributed by atoms with E-state index in [1.807, 2.05) is 36.4 Å². The largest absolute Gasteiger partial charge is 0.372 e. The van der Waals surface area contributed by atoms with Crippen molar-refractivity contribution in [2.75, 3.05) is 23.3 Å². The monoisotopic (exact) mass is 425 g/mol. The van der Waals surface area contributed by atoms with Crippen molar-refractivity contribution in [3.8, 4) is 0 Å². The second-order valence-electron chi connectivity index (χ2n) is 7.54. The molecule has 30 heavy (non-hydrogen) atoms. The fourth-order valence-electron chi connectivity index (χ4n) is 3.58. The average Bonchev–Trinajstić information content (AvgIpc) is 3.18. The SMILES string of the molecule is CC1CN(c2ccc(NC(=O)c3cnn(Cc4ccccc4Cl)c3)cn2)CC(C)O1. The van der Waals surface area contributed by atoms with Gasteiger partial charge in [-0.3, -0.25) is 9.48 Å². The van der Waals surface area contributed by atoms with E-state index in [1.165, 1.54) is 0 Å². The maximum Gasteiger partial charge on any atom is 0.258 e. The number of ether oxygens (including phenoxy) is 1. The molecule has 0 aliphatic carbocycles. The fraction of sp³-hybridized carbons (Fsp3) is 0.318. The van der Waals surface area contributed by atoms with Crippen LogP contribution in [-0.4, -0.2) is 46.0 Å². The zero-order valence-corrected chi connectivity index (χ0v) is 17.7. The molecule has 0 spiro atoms. The quantitative estimate of drug-likeness (QED) is 0.672. The summed E-state index contributed by atoms with van der Waals surface area (Å²) < 4.78 is 7.46. The number of morpholine rings is 1. The predicted octanol–water partition coefficient (Wildman–Crippen LogP) is 3.85. The van der Waals surface area contributed by atoms with Crippen molar-refractivity contribution in [2.45, 2.75) is 32.6 Å². The number of carbonyl (C=O) groups is 1. The van der Waals surface area contributed by atoms with E-state index in [-0.39, 0.29) is 18.1 Å². The van der Waals surface area contributed by atoms with E-state index in [1.54, 1.807) is 23.3 Å². The second-order valence-corrected chi connectivity index (χ2v) is 7.95. The van der Waals surface area contributed by atoms with Crippen molar-refractivity contribution < 1.29 is 9.53 Å². The molecule has 2 unspecified atom stereocenters. The average molecular weight is 426 g/mol. The Bertz CT molecular complexity index is 1010. The molecule has 0 radical (unpaired) electrons. The number of rotatable bonds is 5. The highest BCUT2D eigenvalue weighted by Crippen LogP contribution is 2.20. The van der Waals surface area contributed by atoms with Crippen LogP contribution in [0.5, 0.6) is 0 Å². The number of benzene rings is 1. The van der Waals surface area contributed by atoms with Crippen LogP contribution in [0, 0.1) is 0 Å². The van der Waals surface area contributed by atoms with E-state index in [0.29, 0.717) is 22.8 Å². The maximum absolute atomic E-state index is 12.6. The third kappa shape index (κ3) is 4.80. The zero-order valence-electron chi connectivity index (χ0n) is 17.0. The molecule has 8 heteroatoms. The summed E-state index contributed by atoms with van der Waals surface area (Å²) in [6.45, 7) is 6.22. The van der Waals surface area contributed by atoms with Crippen molar-refractivity contribution in [1.82, 2.24) is 14.8 Å². The van der Waals surface area contributed by atoms with Crippen LogP contribution in [0.15, 0.2) is 55.0 Å². The number of anilines is 2. The molecule has 0 bridgehead atoms. The first-order valence-electron chi connectivity index (χ1n) is 9.91. The molecule has 1 N–H and O–H groups in total. The lowest BCUT2D eigenvalue weighted by Crippen LogP contribution is -2.45. The van der Waals surface area contributed by atoms with Crippen LogP contribution in [0.4, 0.5) is 11.5 Å². The third-order valence-corrected chi connectivity index (χ3v) is 5.30. The number of hydrogen-bond acceptors (Lipinski definition) is 5. The molecule has 3 heterocycles. The second kappa shape index (κ2) is 8.85. The molecule has 2 aromatic heterocycles. The Hall–Kier alpha value is -2.90. The number of amides is 1. The van der Waals surface area contributed by atoms with Crippen LogP contribution in [-0.2, 0) is 11.3 Å². The number of halogens is 1. The molecule has 3 aromatic rings. The number of hydrogen-bond donors (Lipinski definition) is 1. The first-order valence-corrected chi connectivity index (χ1v) is 10.3. The van der Waals surface area contributed by atoms with E-state index < -0.39 is 0 Å². The molecule has 1 amide bonds. The number of aromatic nitrogens is 3. The van der Waals surface area contributed by atoms with Gasteiger partial charge in [-0.05, 0) is 37.6 Å². The number of pyridine rings is 1. The van der Waals surface area contributed by atoms with E-state index in [4.69, 9.17) is 16.3 Å². The highest BCUT2D eigenvalue weighted by Gasteiger charge is 2.23. The summed E-state index contributed by atoms with van der Waals surface area (Å²) >= 11 is 6.20. The van der Waals surface area contributed by atoms with Crippen LogP contribution in [0.1, 0.15) is 29.8 Å². The van der Waals surface area contributed by atoms with Crippen molar-refractivity contribution in [1.29, 1.82) is 0 Å². The van der Waals surface area contributed by atoms with Gasteiger partial charge in [0.05, 0.1) is 42.4 Å². The summed E-state index contributed by atoms with van der Waals surface area (Å²) in [5.74, 6) is 0.645. The predicted molar refractivity (Wildman–Crippen MR) is 117 cm³/mol. The van der Waals surface area contributed by atoms with Gasteiger partial charge in [0.1, 0.15) is 5.82 Å². The van der Waals surface area contributed by atoms with Gasteiger partial charge >= 0.3 is 0 Å². The Balaban J connectivity index is 1.38. The molecule has 1 aromatic carbocycles. The normalized spacial score (nSPS) is 19.0. The molecule has 1 aliphatic heterocycles. The minimum Gasteiger partial charge on any atom is -0.372 e. The molecule has 156 valence electrons. The van der Waals surface area contributed by atoms with E-state index in [9.17, 15) is 4.79 Å². The van der Waals surface area contributed by atoms with Crippen LogP contribution >= 0.6 is 11.6 Å². The van der Waals surface area contributed by atoms with Crippen LogP contribution < -0.4 is 10.2 Å². The van der Waals surface area contributed by atoms with Gasteiger partial charge < -0.3 is 15.0 Å². The van der Waals surface area contributed by atoms with Gasteiger partial charge in [-0.25, -0.2) is 4.98 Å². The molecule has 1 aliphatic rings. The topological polar surface area (TPSA) is 72.3 Å².